The van der Waals surface area contributed by atoms with Gasteiger partial charge >= 0.3 is 0 Å². The number of benzene rings is 3. The summed E-state index contributed by atoms with van der Waals surface area (Å²) >= 11 is 1.30. The fourth-order valence-electron chi connectivity index (χ4n) is 4.23. The Balaban J connectivity index is 1.39. The number of imidazole rings is 1. The number of primary sulfonamides is 1. The zero-order valence-corrected chi connectivity index (χ0v) is 21.1. The van der Waals surface area contributed by atoms with Gasteiger partial charge in [0.1, 0.15) is 5.25 Å². The first-order valence-corrected chi connectivity index (χ1v) is 13.8. The van der Waals surface area contributed by atoms with Crippen molar-refractivity contribution >= 4 is 50.3 Å². The van der Waals surface area contributed by atoms with Gasteiger partial charge in [0.25, 0.3) is 0 Å². The van der Waals surface area contributed by atoms with Crippen molar-refractivity contribution in [1.82, 2.24) is 9.55 Å². The molecule has 36 heavy (non-hydrogen) atoms. The minimum absolute atomic E-state index is 0.0677. The summed E-state index contributed by atoms with van der Waals surface area (Å²) in [6, 6.07) is 21.5. The number of imide groups is 1. The van der Waals surface area contributed by atoms with Crippen LogP contribution in [0.2, 0.25) is 0 Å². The van der Waals surface area contributed by atoms with Crippen molar-refractivity contribution in [3.05, 3.63) is 83.9 Å². The number of carbonyl (C=O) groups is 2. The third kappa shape index (κ3) is 4.79. The van der Waals surface area contributed by atoms with Crippen LogP contribution in [0.25, 0.3) is 11.0 Å². The van der Waals surface area contributed by atoms with E-state index in [1.807, 2.05) is 47.9 Å². The first kappa shape index (κ1) is 24.2. The van der Waals surface area contributed by atoms with Crippen molar-refractivity contribution < 1.29 is 18.0 Å². The zero-order valence-electron chi connectivity index (χ0n) is 19.5. The number of amides is 2. The van der Waals surface area contributed by atoms with Gasteiger partial charge < -0.3 is 4.57 Å². The van der Waals surface area contributed by atoms with Crippen LogP contribution in [0.1, 0.15) is 17.5 Å². The Labute approximate surface area is 213 Å². The number of aryl methyl sites for hydroxylation is 3. The van der Waals surface area contributed by atoms with Gasteiger partial charge in [-0.05, 0) is 55.3 Å². The molecular formula is C26H24N4O4S2. The van der Waals surface area contributed by atoms with Crippen LogP contribution in [0, 0.1) is 6.92 Å². The summed E-state index contributed by atoms with van der Waals surface area (Å²) in [6.45, 7) is 2.52. The van der Waals surface area contributed by atoms with Crippen molar-refractivity contribution in [3.8, 4) is 0 Å². The van der Waals surface area contributed by atoms with Crippen LogP contribution in [0.3, 0.4) is 0 Å². The summed E-state index contributed by atoms with van der Waals surface area (Å²) in [6.07, 6.45) is 0.724. The molecule has 1 atom stereocenters. The highest BCUT2D eigenvalue weighted by molar-refractivity contribution is 8.00. The molecule has 1 aliphatic heterocycles. The Morgan fingerprint density at radius 2 is 1.69 bits per heavy atom. The normalized spacial score (nSPS) is 16.3. The third-order valence-corrected chi connectivity index (χ3v) is 8.25. The Hall–Kier alpha value is -3.47. The lowest BCUT2D eigenvalue weighted by Crippen LogP contribution is -2.31. The van der Waals surface area contributed by atoms with Crippen LogP contribution >= 0.6 is 11.8 Å². The van der Waals surface area contributed by atoms with Crippen LogP contribution in [0.5, 0.6) is 0 Å². The Kier molecular flexibility index (Phi) is 6.42. The quantitative estimate of drug-likeness (QED) is 0.372. The Morgan fingerprint density at radius 1 is 1.00 bits per heavy atom. The van der Waals surface area contributed by atoms with Gasteiger partial charge in [0, 0.05) is 13.0 Å². The third-order valence-electron chi connectivity index (χ3n) is 6.14. The molecule has 0 spiro atoms. The van der Waals surface area contributed by atoms with Crippen molar-refractivity contribution in [2.45, 2.75) is 41.6 Å². The van der Waals surface area contributed by atoms with Crippen molar-refractivity contribution in [1.29, 1.82) is 0 Å². The highest BCUT2D eigenvalue weighted by atomic mass is 32.2. The van der Waals surface area contributed by atoms with E-state index in [0.29, 0.717) is 23.8 Å². The second-order valence-corrected chi connectivity index (χ2v) is 11.4. The number of thioether (sulfide) groups is 1. The van der Waals surface area contributed by atoms with E-state index in [4.69, 9.17) is 10.1 Å². The molecule has 1 saturated heterocycles. The van der Waals surface area contributed by atoms with Crippen molar-refractivity contribution in [2.75, 3.05) is 4.90 Å². The smallest absolute Gasteiger partial charge is 0.247 e. The zero-order chi connectivity index (χ0) is 25.4. The Morgan fingerprint density at radius 3 is 2.39 bits per heavy atom. The molecule has 184 valence electrons. The molecule has 10 heteroatoms. The van der Waals surface area contributed by atoms with E-state index in [9.17, 15) is 18.0 Å². The number of rotatable bonds is 7. The summed E-state index contributed by atoms with van der Waals surface area (Å²) in [5.41, 5.74) is 4.30. The van der Waals surface area contributed by atoms with Crippen LogP contribution in [0.15, 0.2) is 82.8 Å². The van der Waals surface area contributed by atoms with E-state index < -0.39 is 15.3 Å². The van der Waals surface area contributed by atoms with E-state index in [2.05, 4.69) is 0 Å². The van der Waals surface area contributed by atoms with E-state index in [0.717, 1.165) is 22.2 Å². The molecule has 0 radical (unpaired) electrons. The molecule has 0 saturated carbocycles. The molecule has 2 amide bonds. The van der Waals surface area contributed by atoms with E-state index in [1.54, 1.807) is 24.3 Å². The molecule has 3 aromatic carbocycles. The average Bonchev–Trinajstić information content (AvgIpc) is 3.34. The second-order valence-electron chi connectivity index (χ2n) is 8.69. The predicted molar refractivity (Wildman–Crippen MR) is 139 cm³/mol. The van der Waals surface area contributed by atoms with Gasteiger partial charge in [-0.2, -0.15) is 0 Å². The number of anilines is 1. The van der Waals surface area contributed by atoms with Crippen molar-refractivity contribution in [3.63, 3.8) is 0 Å². The van der Waals surface area contributed by atoms with Gasteiger partial charge in [-0.25, -0.2) is 23.4 Å². The number of sulfonamides is 1. The number of fused-ring (bicyclic) bond motifs is 1. The summed E-state index contributed by atoms with van der Waals surface area (Å²) < 4.78 is 25.1. The van der Waals surface area contributed by atoms with Gasteiger partial charge in [0.15, 0.2) is 5.16 Å². The first-order chi connectivity index (χ1) is 17.2. The lowest BCUT2D eigenvalue weighted by Gasteiger charge is -2.15. The van der Waals surface area contributed by atoms with Crippen LogP contribution in [-0.4, -0.2) is 35.0 Å². The SMILES string of the molecule is Cc1ccc(N2C(=O)CC(Sc3nc4ccccc4n3CCc3ccc(S(N)(=O)=O)cc3)C2=O)cc1. The monoisotopic (exact) mass is 520 g/mol. The lowest BCUT2D eigenvalue weighted by atomic mass is 10.1. The number of nitrogens with zero attached hydrogens (tertiary/aromatic N) is 3. The molecule has 8 nitrogen and oxygen atoms in total. The molecule has 1 fully saturated rings. The highest BCUT2D eigenvalue weighted by Gasteiger charge is 2.41. The van der Waals surface area contributed by atoms with Gasteiger partial charge in [-0.15, -0.1) is 0 Å². The van der Waals surface area contributed by atoms with Gasteiger partial charge in [0.05, 0.1) is 21.6 Å². The van der Waals surface area contributed by atoms with Gasteiger partial charge in [-0.3, -0.25) is 9.59 Å². The van der Waals surface area contributed by atoms with Crippen LogP contribution < -0.4 is 10.0 Å². The molecule has 1 aromatic heterocycles. The maximum Gasteiger partial charge on any atom is 0.247 e. The molecule has 1 unspecified atom stereocenters. The van der Waals surface area contributed by atoms with E-state index >= 15 is 0 Å². The lowest BCUT2D eigenvalue weighted by molar-refractivity contribution is -0.121. The number of carbonyl (C=O) groups excluding carboxylic acids is 2. The molecule has 4 aromatic rings. The second kappa shape index (κ2) is 9.53. The first-order valence-electron chi connectivity index (χ1n) is 11.4. The van der Waals surface area contributed by atoms with Crippen LogP contribution in [0.4, 0.5) is 5.69 Å². The highest BCUT2D eigenvalue weighted by Crippen LogP contribution is 2.35. The summed E-state index contributed by atoms with van der Waals surface area (Å²) in [4.78, 5) is 32.0. The summed E-state index contributed by atoms with van der Waals surface area (Å²) in [7, 11) is -3.75. The maximum absolute atomic E-state index is 13.2. The number of hydrogen-bond acceptors (Lipinski definition) is 6. The largest absolute Gasteiger partial charge is 0.319 e. The number of aromatic nitrogens is 2. The topological polar surface area (TPSA) is 115 Å². The summed E-state index contributed by atoms with van der Waals surface area (Å²) in [5, 5.41) is 5.29. The molecule has 2 N–H and O–H groups in total. The summed E-state index contributed by atoms with van der Waals surface area (Å²) in [5.74, 6) is -0.468. The molecule has 1 aliphatic rings. The minimum Gasteiger partial charge on any atom is -0.319 e. The fraction of sp³-hybridized carbons (Fsp3) is 0.192. The predicted octanol–water partition coefficient (Wildman–Crippen LogP) is 3.66. The van der Waals surface area contributed by atoms with Crippen LogP contribution in [-0.2, 0) is 32.6 Å². The van der Waals surface area contributed by atoms with E-state index in [-0.39, 0.29) is 23.1 Å². The fourth-order valence-corrected chi connectivity index (χ4v) is 5.90. The average molecular weight is 521 g/mol. The number of para-hydroxylation sites is 2. The molecule has 0 aliphatic carbocycles. The molecular weight excluding hydrogens is 496 g/mol. The molecule has 5 rings (SSSR count). The molecule has 2 heterocycles. The van der Waals surface area contributed by atoms with Gasteiger partial charge in [-0.1, -0.05) is 53.7 Å². The van der Waals surface area contributed by atoms with Gasteiger partial charge in [0.2, 0.25) is 21.8 Å². The standard InChI is InChI=1S/C26H24N4O4S2/c1-17-6-10-19(11-7-17)30-24(31)16-23(25(30)32)35-26-28-21-4-2-3-5-22(21)29(26)15-14-18-8-12-20(13-9-18)36(27,33)34/h2-13,23H,14-16H2,1H3,(H2,27,33,34). The minimum atomic E-state index is -3.75. The van der Waals surface area contributed by atoms with E-state index in [1.165, 1.54) is 28.8 Å². The number of hydrogen-bond donors (Lipinski definition) is 1. The Bertz CT molecular complexity index is 1560. The number of nitrogens with two attached hydrogens (primary N) is 1. The molecule has 0 bridgehead atoms. The van der Waals surface area contributed by atoms with Crippen molar-refractivity contribution in [2.24, 2.45) is 5.14 Å². The maximum atomic E-state index is 13.2.